The Morgan fingerprint density at radius 1 is 1.10 bits per heavy atom. The Labute approximate surface area is 140 Å². The van der Waals surface area contributed by atoms with Gasteiger partial charge in [0, 0.05) is 43.8 Å². The Bertz CT molecular complexity index is 563. The molecule has 0 radical (unpaired) electrons. The van der Waals surface area contributed by atoms with Gasteiger partial charge in [-0.15, -0.1) is 0 Å². The first-order valence-electron chi connectivity index (χ1n) is 8.29. The second-order valence-electron chi connectivity index (χ2n) is 7.84. The van der Waals surface area contributed by atoms with Crippen LogP contribution in [0.3, 0.4) is 0 Å². The summed E-state index contributed by atoms with van der Waals surface area (Å²) in [4.78, 5) is 10.1. The maximum atomic E-state index is 4.82. The van der Waals surface area contributed by atoms with Gasteiger partial charge in [-0.2, -0.15) is 0 Å². The summed E-state index contributed by atoms with van der Waals surface area (Å²) in [6.45, 7) is 5.02. The van der Waals surface area contributed by atoms with E-state index in [0.29, 0.717) is 11.1 Å². The normalized spacial score (nSPS) is 39.9. The van der Waals surface area contributed by atoms with Crippen LogP contribution < -0.4 is 0 Å². The zero-order valence-electron chi connectivity index (χ0n) is 12.7. The van der Waals surface area contributed by atoms with Gasteiger partial charge in [0.2, 0.25) is 0 Å². The topological polar surface area (TPSA) is 24.3 Å². The predicted octanol–water partition coefficient (Wildman–Crippen LogP) is 2.24. The highest BCUT2D eigenvalue weighted by atomic mass is 127. The van der Waals surface area contributed by atoms with E-state index in [0.717, 1.165) is 5.92 Å². The van der Waals surface area contributed by atoms with Crippen molar-refractivity contribution in [3.8, 4) is 0 Å². The molecule has 1 aromatic heterocycles. The van der Waals surface area contributed by atoms with Gasteiger partial charge in [0.25, 0.3) is 0 Å². The van der Waals surface area contributed by atoms with Crippen LogP contribution in [-0.2, 0) is 5.54 Å². The Morgan fingerprint density at radius 2 is 1.76 bits per heavy atom. The number of imidazole rings is 1. The van der Waals surface area contributed by atoms with Crippen LogP contribution >= 0.6 is 22.6 Å². The molecule has 5 heteroatoms. The molecule has 5 aliphatic rings. The van der Waals surface area contributed by atoms with Crippen molar-refractivity contribution in [2.24, 2.45) is 0 Å². The van der Waals surface area contributed by atoms with Crippen LogP contribution in [0.5, 0.6) is 0 Å². The van der Waals surface area contributed by atoms with Crippen LogP contribution in [0, 0.1) is 3.70 Å². The number of nitrogens with zero attached hydrogens (tertiary/aromatic N) is 4. The fourth-order valence-electron chi connectivity index (χ4n) is 4.93. The van der Waals surface area contributed by atoms with Crippen molar-refractivity contribution >= 4 is 22.6 Å². The average Bonchev–Trinajstić information content (AvgIpc) is 3.13. The Morgan fingerprint density at radius 3 is 2.38 bits per heavy atom. The molecular weight excluding hydrogens is 375 g/mol. The summed E-state index contributed by atoms with van der Waals surface area (Å²) < 4.78 is 3.78. The van der Waals surface area contributed by atoms with Gasteiger partial charge in [0.15, 0.2) is 0 Å². The first-order chi connectivity index (χ1) is 10.1. The second kappa shape index (κ2) is 4.23. The van der Waals surface area contributed by atoms with E-state index in [9.17, 15) is 0 Å². The molecule has 4 aliphatic carbocycles. The van der Waals surface area contributed by atoms with E-state index in [1.54, 1.807) is 0 Å². The molecule has 4 saturated carbocycles. The molecule has 0 spiro atoms. The van der Waals surface area contributed by atoms with Gasteiger partial charge in [-0.3, -0.25) is 4.90 Å². The fraction of sp³-hybridized carbons (Fsp3) is 0.812. The first kappa shape index (κ1) is 13.3. The number of piperazine rings is 1. The number of hydrogen-bond acceptors (Lipinski definition) is 3. The van der Waals surface area contributed by atoms with Gasteiger partial charge >= 0.3 is 0 Å². The molecule has 5 fully saturated rings. The van der Waals surface area contributed by atoms with Gasteiger partial charge in [-0.1, -0.05) is 0 Å². The molecule has 114 valence electrons. The molecule has 1 aromatic rings. The number of halogens is 1. The van der Waals surface area contributed by atoms with E-state index in [2.05, 4.69) is 50.2 Å². The number of hydrogen-bond donors (Lipinski definition) is 0. The molecule has 0 amide bonds. The molecule has 1 saturated heterocycles. The third kappa shape index (κ3) is 1.83. The molecule has 2 bridgehead atoms. The number of aromatic nitrogens is 2. The highest BCUT2D eigenvalue weighted by molar-refractivity contribution is 14.1. The maximum Gasteiger partial charge on any atom is 0.119 e. The Kier molecular flexibility index (Phi) is 2.68. The smallest absolute Gasteiger partial charge is 0.119 e. The van der Waals surface area contributed by atoms with Crippen molar-refractivity contribution in [3.63, 3.8) is 0 Å². The summed E-state index contributed by atoms with van der Waals surface area (Å²) in [5, 5.41) is 0. The summed E-state index contributed by atoms with van der Waals surface area (Å²) in [5.74, 6) is 2.16. The molecule has 6 rings (SSSR count). The van der Waals surface area contributed by atoms with Crippen molar-refractivity contribution in [3.05, 3.63) is 15.7 Å². The zero-order valence-corrected chi connectivity index (χ0v) is 14.8. The summed E-state index contributed by atoms with van der Waals surface area (Å²) in [5.41, 5.74) is 0.996. The second-order valence-corrected chi connectivity index (χ2v) is 8.94. The minimum atomic E-state index is 0.442. The molecule has 0 unspecified atom stereocenters. The summed E-state index contributed by atoms with van der Waals surface area (Å²) >= 11 is 2.39. The van der Waals surface area contributed by atoms with Gasteiger partial charge in [0.1, 0.15) is 9.53 Å². The van der Waals surface area contributed by atoms with Gasteiger partial charge in [0.05, 0.1) is 5.54 Å². The van der Waals surface area contributed by atoms with Crippen LogP contribution in [0.2, 0.25) is 0 Å². The lowest BCUT2D eigenvalue weighted by Crippen LogP contribution is -2.80. The number of rotatable bonds is 3. The van der Waals surface area contributed by atoms with E-state index in [1.165, 1.54) is 67.8 Å². The minimum Gasteiger partial charge on any atom is -0.327 e. The van der Waals surface area contributed by atoms with E-state index in [4.69, 9.17) is 4.98 Å². The fourth-order valence-corrected chi connectivity index (χ4v) is 5.45. The lowest BCUT2D eigenvalue weighted by atomic mass is 9.43. The van der Waals surface area contributed by atoms with Crippen molar-refractivity contribution in [1.29, 1.82) is 0 Å². The van der Waals surface area contributed by atoms with Crippen molar-refractivity contribution in [1.82, 2.24) is 19.4 Å². The van der Waals surface area contributed by atoms with Crippen LogP contribution in [-0.4, -0.2) is 58.1 Å². The van der Waals surface area contributed by atoms with Crippen molar-refractivity contribution < 1.29 is 0 Å². The quantitative estimate of drug-likeness (QED) is 0.731. The molecular formula is C16H23IN4. The third-order valence-corrected chi connectivity index (χ3v) is 6.83. The lowest BCUT2D eigenvalue weighted by Gasteiger charge is -2.75. The molecule has 1 aliphatic heterocycles. The highest BCUT2D eigenvalue weighted by Gasteiger charge is 2.71. The zero-order chi connectivity index (χ0) is 14.2. The monoisotopic (exact) mass is 398 g/mol. The third-order valence-electron chi connectivity index (χ3n) is 6.31. The van der Waals surface area contributed by atoms with Crippen molar-refractivity contribution in [2.45, 2.75) is 49.1 Å². The molecule has 0 N–H and O–H groups in total. The van der Waals surface area contributed by atoms with Crippen LogP contribution in [0.25, 0.3) is 0 Å². The van der Waals surface area contributed by atoms with E-state index < -0.39 is 0 Å². The van der Waals surface area contributed by atoms with Gasteiger partial charge in [-0.25, -0.2) is 4.98 Å². The summed E-state index contributed by atoms with van der Waals surface area (Å²) in [6.07, 6.45) is 9.14. The van der Waals surface area contributed by atoms with Crippen LogP contribution in [0.15, 0.2) is 6.20 Å². The van der Waals surface area contributed by atoms with E-state index in [1.807, 2.05) is 0 Å². The molecule has 4 nitrogen and oxygen atoms in total. The lowest BCUT2D eigenvalue weighted by molar-refractivity contribution is -0.213. The minimum absolute atomic E-state index is 0.442. The summed E-state index contributed by atoms with van der Waals surface area (Å²) in [7, 11) is 2.25. The largest absolute Gasteiger partial charge is 0.327 e. The van der Waals surface area contributed by atoms with Crippen molar-refractivity contribution in [2.75, 3.05) is 33.2 Å². The Hall–Kier alpha value is -0.140. The average molecular weight is 398 g/mol. The molecule has 2 heterocycles. The number of likely N-dealkylation sites (N-methyl/N-ethyl adjacent to an activating group) is 1. The maximum absolute atomic E-state index is 4.82. The first-order valence-corrected chi connectivity index (χ1v) is 9.37. The van der Waals surface area contributed by atoms with Gasteiger partial charge in [-0.05, 0) is 61.7 Å². The molecule has 0 aromatic carbocycles. The van der Waals surface area contributed by atoms with Crippen LogP contribution in [0.4, 0.5) is 0 Å². The van der Waals surface area contributed by atoms with Gasteiger partial charge < -0.3 is 9.47 Å². The SMILES string of the molecule is CN1CCN(C23CC(n4cc(I)nc4C4CC4)(C2)C3)CC1. The highest BCUT2D eigenvalue weighted by Crippen LogP contribution is 2.68. The molecule has 21 heavy (non-hydrogen) atoms. The van der Waals surface area contributed by atoms with Crippen LogP contribution in [0.1, 0.15) is 43.8 Å². The Balaban J connectivity index is 1.34. The standard InChI is InChI=1S/C16H23IN4/c1-19-4-6-20(7-5-19)15-9-16(10-15,11-15)21-8-13(17)18-14(21)12-2-3-12/h8,12H,2-7,9-11H2,1H3. The molecule has 0 atom stereocenters. The van der Waals surface area contributed by atoms with E-state index in [-0.39, 0.29) is 0 Å². The van der Waals surface area contributed by atoms with E-state index >= 15 is 0 Å². The predicted molar refractivity (Wildman–Crippen MR) is 90.5 cm³/mol. The summed E-state index contributed by atoms with van der Waals surface area (Å²) in [6, 6.07) is 0.